The Labute approximate surface area is 230 Å². The minimum atomic E-state index is -3.40. The SMILES string of the molecule is COc1cc2c(cc1N1C[C@@H](C)N[C@@H](C)C1)N(C(=O)c1ccc(-c3ccc(NS(C)(=O)=O)nc3C)cc1)CC2. The predicted molar refractivity (Wildman–Crippen MR) is 156 cm³/mol. The summed E-state index contributed by atoms with van der Waals surface area (Å²) in [5.41, 5.74) is 6.13. The average Bonchev–Trinajstić information content (AvgIpc) is 3.29. The molecule has 206 valence electrons. The fourth-order valence-corrected chi connectivity index (χ4v) is 6.10. The monoisotopic (exact) mass is 549 g/mol. The van der Waals surface area contributed by atoms with Crippen molar-refractivity contribution in [3.05, 3.63) is 65.4 Å². The molecule has 0 unspecified atom stereocenters. The molecule has 2 aromatic carbocycles. The van der Waals surface area contributed by atoms with Crippen molar-refractivity contribution in [2.45, 2.75) is 39.3 Å². The quantitative estimate of drug-likeness (QED) is 0.482. The van der Waals surface area contributed by atoms with Gasteiger partial charge in [0.25, 0.3) is 5.91 Å². The molecule has 2 aliphatic heterocycles. The molecule has 1 aromatic heterocycles. The van der Waals surface area contributed by atoms with Crippen LogP contribution in [0.15, 0.2) is 48.5 Å². The van der Waals surface area contributed by atoms with E-state index >= 15 is 0 Å². The molecule has 5 rings (SSSR count). The number of sulfonamides is 1. The van der Waals surface area contributed by atoms with E-state index < -0.39 is 10.0 Å². The highest BCUT2D eigenvalue weighted by molar-refractivity contribution is 7.92. The van der Waals surface area contributed by atoms with E-state index in [0.29, 0.717) is 29.9 Å². The average molecular weight is 550 g/mol. The summed E-state index contributed by atoms with van der Waals surface area (Å²) in [4.78, 5) is 22.2. The molecule has 39 heavy (non-hydrogen) atoms. The van der Waals surface area contributed by atoms with E-state index in [0.717, 1.165) is 59.6 Å². The van der Waals surface area contributed by atoms with Crippen molar-refractivity contribution in [3.63, 3.8) is 0 Å². The number of aryl methyl sites for hydroxylation is 1. The fraction of sp³-hybridized carbons (Fsp3) is 0.379. The number of carbonyl (C=O) groups is 1. The standard InChI is InChI=1S/C29H35N5O4S/c1-18-16-33(17-19(2)30-18)26-15-25-23(14-27(26)38-4)12-13-34(25)29(35)22-8-6-21(7-9-22)24-10-11-28(31-20(24)3)32-39(5,36)37/h6-11,14-15,18-19,30H,12-13,16-17H2,1-5H3,(H,31,32)/t18-,19+. The van der Waals surface area contributed by atoms with Gasteiger partial charge in [0.2, 0.25) is 10.0 Å². The van der Waals surface area contributed by atoms with Crippen LogP contribution in [0.1, 0.15) is 35.5 Å². The third-order valence-electron chi connectivity index (χ3n) is 7.24. The van der Waals surface area contributed by atoms with E-state index in [4.69, 9.17) is 4.74 Å². The van der Waals surface area contributed by atoms with Crippen molar-refractivity contribution in [2.75, 3.05) is 47.5 Å². The lowest BCUT2D eigenvalue weighted by Gasteiger charge is -2.38. The number of amides is 1. The molecule has 10 heteroatoms. The van der Waals surface area contributed by atoms with Crippen LogP contribution in [0.2, 0.25) is 0 Å². The molecular formula is C29H35N5O4S. The number of fused-ring (bicyclic) bond motifs is 1. The molecule has 2 aliphatic rings. The fourth-order valence-electron chi connectivity index (χ4n) is 5.61. The van der Waals surface area contributed by atoms with Gasteiger partial charge in [-0.2, -0.15) is 0 Å². The van der Waals surface area contributed by atoms with Gasteiger partial charge in [0.1, 0.15) is 11.6 Å². The van der Waals surface area contributed by atoms with Crippen LogP contribution in [0.25, 0.3) is 11.1 Å². The van der Waals surface area contributed by atoms with Gasteiger partial charge in [-0.15, -0.1) is 0 Å². The number of nitrogens with one attached hydrogen (secondary N) is 2. The van der Waals surface area contributed by atoms with Crippen molar-refractivity contribution in [2.24, 2.45) is 0 Å². The van der Waals surface area contributed by atoms with Crippen molar-refractivity contribution >= 4 is 33.1 Å². The van der Waals surface area contributed by atoms with Gasteiger partial charge in [0.05, 0.1) is 19.1 Å². The molecule has 1 amide bonds. The Bertz CT molecular complexity index is 1500. The summed E-state index contributed by atoms with van der Waals surface area (Å²) in [5.74, 6) is 1.08. The van der Waals surface area contributed by atoms with Gasteiger partial charge in [0.15, 0.2) is 0 Å². The number of ether oxygens (including phenoxy) is 1. The second kappa shape index (κ2) is 10.5. The zero-order chi connectivity index (χ0) is 27.9. The first-order chi connectivity index (χ1) is 18.5. The number of rotatable bonds is 6. The number of benzene rings is 2. The molecule has 0 aliphatic carbocycles. The number of methoxy groups -OCH3 is 1. The van der Waals surface area contributed by atoms with E-state index in [1.54, 1.807) is 13.2 Å². The van der Waals surface area contributed by atoms with Gasteiger partial charge in [0, 0.05) is 54.2 Å². The van der Waals surface area contributed by atoms with Crippen molar-refractivity contribution in [1.82, 2.24) is 10.3 Å². The molecule has 2 N–H and O–H groups in total. The van der Waals surface area contributed by atoms with Crippen LogP contribution >= 0.6 is 0 Å². The topological polar surface area (TPSA) is 104 Å². The zero-order valence-corrected chi connectivity index (χ0v) is 23.8. The lowest BCUT2D eigenvalue weighted by atomic mass is 10.0. The zero-order valence-electron chi connectivity index (χ0n) is 23.0. The molecule has 1 fully saturated rings. The molecule has 0 spiro atoms. The molecule has 0 saturated carbocycles. The van der Waals surface area contributed by atoms with Crippen molar-refractivity contribution in [3.8, 4) is 16.9 Å². The highest BCUT2D eigenvalue weighted by Crippen LogP contribution is 2.40. The Hall–Kier alpha value is -3.63. The third kappa shape index (κ3) is 5.72. The summed E-state index contributed by atoms with van der Waals surface area (Å²) < 4.78 is 31.2. The Morgan fingerprint density at radius 3 is 2.36 bits per heavy atom. The van der Waals surface area contributed by atoms with Gasteiger partial charge in [-0.3, -0.25) is 9.52 Å². The summed E-state index contributed by atoms with van der Waals surface area (Å²) >= 11 is 0. The summed E-state index contributed by atoms with van der Waals surface area (Å²) in [6.45, 7) is 8.55. The van der Waals surface area contributed by atoms with Gasteiger partial charge < -0.3 is 19.9 Å². The van der Waals surface area contributed by atoms with Crippen LogP contribution in [-0.2, 0) is 16.4 Å². The van der Waals surface area contributed by atoms with Gasteiger partial charge >= 0.3 is 0 Å². The maximum absolute atomic E-state index is 13.6. The number of nitrogens with zero attached hydrogens (tertiary/aromatic N) is 3. The first-order valence-corrected chi connectivity index (χ1v) is 15.0. The first kappa shape index (κ1) is 27.0. The lowest BCUT2D eigenvalue weighted by molar-refractivity contribution is 0.0989. The lowest BCUT2D eigenvalue weighted by Crippen LogP contribution is -2.54. The minimum absolute atomic E-state index is 0.0407. The Kier molecular flexibility index (Phi) is 7.26. The molecule has 1 saturated heterocycles. The van der Waals surface area contributed by atoms with E-state index in [2.05, 4.69) is 45.9 Å². The minimum Gasteiger partial charge on any atom is -0.495 e. The van der Waals surface area contributed by atoms with Crippen LogP contribution in [0.3, 0.4) is 0 Å². The molecule has 0 bridgehead atoms. The van der Waals surface area contributed by atoms with Crippen molar-refractivity contribution in [1.29, 1.82) is 0 Å². The van der Waals surface area contributed by atoms with Crippen LogP contribution < -0.4 is 24.6 Å². The van der Waals surface area contributed by atoms with E-state index in [1.807, 2.05) is 42.2 Å². The smallest absolute Gasteiger partial charge is 0.258 e. The Morgan fingerprint density at radius 2 is 1.74 bits per heavy atom. The normalized spacial score (nSPS) is 19.1. The van der Waals surface area contributed by atoms with Crippen LogP contribution in [-0.4, -0.2) is 64.4 Å². The number of aromatic nitrogens is 1. The van der Waals surface area contributed by atoms with E-state index in [-0.39, 0.29) is 11.7 Å². The molecule has 0 radical (unpaired) electrons. The van der Waals surface area contributed by atoms with Crippen LogP contribution in [0, 0.1) is 6.92 Å². The number of hydrogen-bond acceptors (Lipinski definition) is 7. The number of pyridine rings is 1. The molecule has 9 nitrogen and oxygen atoms in total. The second-order valence-corrected chi connectivity index (χ2v) is 12.3. The summed E-state index contributed by atoms with van der Waals surface area (Å²) in [6, 6.07) is 15.8. The highest BCUT2D eigenvalue weighted by Gasteiger charge is 2.30. The number of carbonyl (C=O) groups excluding carboxylic acids is 1. The third-order valence-corrected chi connectivity index (χ3v) is 7.82. The maximum Gasteiger partial charge on any atom is 0.258 e. The number of hydrogen-bond donors (Lipinski definition) is 2. The van der Waals surface area contributed by atoms with Gasteiger partial charge in [-0.05, 0) is 74.7 Å². The van der Waals surface area contributed by atoms with E-state index in [1.165, 1.54) is 0 Å². The second-order valence-electron chi connectivity index (χ2n) is 10.5. The highest BCUT2D eigenvalue weighted by atomic mass is 32.2. The largest absolute Gasteiger partial charge is 0.495 e. The molecular weight excluding hydrogens is 514 g/mol. The summed E-state index contributed by atoms with van der Waals surface area (Å²) in [6.07, 6.45) is 1.87. The Morgan fingerprint density at radius 1 is 1.05 bits per heavy atom. The first-order valence-electron chi connectivity index (χ1n) is 13.1. The van der Waals surface area contributed by atoms with Crippen LogP contribution in [0.5, 0.6) is 5.75 Å². The maximum atomic E-state index is 13.6. The molecule has 3 aromatic rings. The van der Waals surface area contributed by atoms with Crippen molar-refractivity contribution < 1.29 is 17.9 Å². The van der Waals surface area contributed by atoms with Crippen LogP contribution in [0.4, 0.5) is 17.2 Å². The Balaban J connectivity index is 1.39. The summed E-state index contributed by atoms with van der Waals surface area (Å²) in [5, 5.41) is 3.57. The predicted octanol–water partition coefficient (Wildman–Crippen LogP) is 3.83. The summed E-state index contributed by atoms with van der Waals surface area (Å²) in [7, 11) is -1.70. The number of piperazine rings is 1. The molecule has 2 atom stereocenters. The molecule has 3 heterocycles. The van der Waals surface area contributed by atoms with E-state index in [9.17, 15) is 13.2 Å². The number of anilines is 3. The van der Waals surface area contributed by atoms with Gasteiger partial charge in [-0.25, -0.2) is 13.4 Å². The van der Waals surface area contributed by atoms with Gasteiger partial charge in [-0.1, -0.05) is 12.1 Å².